The summed E-state index contributed by atoms with van der Waals surface area (Å²) in [6, 6.07) is 16.5. The Kier molecular flexibility index (Phi) is 4.64. The number of hydrogen-bond acceptors (Lipinski definition) is 1. The van der Waals surface area contributed by atoms with E-state index in [2.05, 4.69) is 43.1 Å². The molecule has 0 aliphatic rings. The lowest BCUT2D eigenvalue weighted by Gasteiger charge is -2.20. The molecule has 0 unspecified atom stereocenters. The molecule has 2 aromatic rings. The van der Waals surface area contributed by atoms with Crippen molar-refractivity contribution in [3.63, 3.8) is 0 Å². The maximum atomic E-state index is 5.94. The van der Waals surface area contributed by atoms with Crippen LogP contribution in [0.3, 0.4) is 0 Å². The summed E-state index contributed by atoms with van der Waals surface area (Å²) in [5, 5.41) is 4.33. The van der Waals surface area contributed by atoms with Gasteiger partial charge in [-0.15, -0.1) is 6.58 Å². The standard InChI is InChI=1S/C17H18ClN/c1-3-6-17(14-9-11-15(18)12-10-14)19-16-8-5-4-7-13(16)2/h3-5,7-12,17,19H,1,6H2,2H3/t17-/m1/s1. The molecule has 0 bridgehead atoms. The predicted molar refractivity (Wildman–Crippen MR) is 83.8 cm³/mol. The van der Waals surface area contributed by atoms with Crippen LogP contribution in [0, 0.1) is 6.92 Å². The average molecular weight is 272 g/mol. The molecule has 0 saturated carbocycles. The van der Waals surface area contributed by atoms with Crippen LogP contribution < -0.4 is 5.32 Å². The van der Waals surface area contributed by atoms with Gasteiger partial charge in [-0.3, -0.25) is 0 Å². The van der Waals surface area contributed by atoms with Crippen molar-refractivity contribution in [2.45, 2.75) is 19.4 Å². The summed E-state index contributed by atoms with van der Waals surface area (Å²) in [5.74, 6) is 0. The summed E-state index contributed by atoms with van der Waals surface area (Å²) in [6.45, 7) is 5.95. The van der Waals surface area contributed by atoms with Crippen LogP contribution in [-0.4, -0.2) is 0 Å². The summed E-state index contributed by atoms with van der Waals surface area (Å²) in [4.78, 5) is 0. The van der Waals surface area contributed by atoms with Gasteiger partial charge in [0.15, 0.2) is 0 Å². The summed E-state index contributed by atoms with van der Waals surface area (Å²) in [7, 11) is 0. The quantitative estimate of drug-likeness (QED) is 0.720. The zero-order valence-corrected chi connectivity index (χ0v) is 11.8. The fourth-order valence-corrected chi connectivity index (χ4v) is 2.19. The van der Waals surface area contributed by atoms with Crippen molar-refractivity contribution in [3.8, 4) is 0 Å². The Bertz CT molecular complexity index is 545. The summed E-state index contributed by atoms with van der Waals surface area (Å²) < 4.78 is 0. The summed E-state index contributed by atoms with van der Waals surface area (Å²) in [6.07, 6.45) is 2.81. The van der Waals surface area contributed by atoms with Crippen LogP contribution in [0.2, 0.25) is 5.02 Å². The van der Waals surface area contributed by atoms with Crippen LogP contribution >= 0.6 is 11.6 Å². The number of benzene rings is 2. The van der Waals surface area contributed by atoms with E-state index < -0.39 is 0 Å². The first-order chi connectivity index (χ1) is 9.20. The maximum Gasteiger partial charge on any atom is 0.0548 e. The van der Waals surface area contributed by atoms with E-state index in [1.807, 2.05) is 30.3 Å². The van der Waals surface area contributed by atoms with Gasteiger partial charge in [0.2, 0.25) is 0 Å². The minimum Gasteiger partial charge on any atom is -0.378 e. The predicted octanol–water partition coefficient (Wildman–Crippen LogP) is 5.38. The molecular formula is C17H18ClN. The molecule has 0 radical (unpaired) electrons. The Labute approximate surface area is 119 Å². The zero-order valence-electron chi connectivity index (χ0n) is 11.1. The maximum absolute atomic E-state index is 5.94. The molecule has 2 heteroatoms. The van der Waals surface area contributed by atoms with Gasteiger partial charge < -0.3 is 5.32 Å². The van der Waals surface area contributed by atoms with Gasteiger partial charge in [0.25, 0.3) is 0 Å². The molecule has 0 fully saturated rings. The van der Waals surface area contributed by atoms with Gasteiger partial charge >= 0.3 is 0 Å². The number of rotatable bonds is 5. The van der Waals surface area contributed by atoms with Crippen LogP contribution in [-0.2, 0) is 0 Å². The van der Waals surface area contributed by atoms with Gasteiger partial charge in [-0.2, -0.15) is 0 Å². The van der Waals surface area contributed by atoms with E-state index in [0.29, 0.717) is 0 Å². The van der Waals surface area contributed by atoms with E-state index >= 15 is 0 Å². The molecule has 0 heterocycles. The first-order valence-electron chi connectivity index (χ1n) is 6.39. The van der Waals surface area contributed by atoms with E-state index in [9.17, 15) is 0 Å². The second-order valence-corrected chi connectivity index (χ2v) is 5.02. The molecule has 1 N–H and O–H groups in total. The highest BCUT2D eigenvalue weighted by Gasteiger charge is 2.10. The van der Waals surface area contributed by atoms with E-state index in [0.717, 1.165) is 17.1 Å². The van der Waals surface area contributed by atoms with Gasteiger partial charge in [-0.25, -0.2) is 0 Å². The Balaban J connectivity index is 2.23. The first-order valence-corrected chi connectivity index (χ1v) is 6.77. The highest BCUT2D eigenvalue weighted by molar-refractivity contribution is 6.30. The second kappa shape index (κ2) is 6.44. The lowest BCUT2D eigenvalue weighted by Crippen LogP contribution is -2.10. The molecular weight excluding hydrogens is 254 g/mol. The van der Waals surface area contributed by atoms with Crippen LogP contribution in [0.5, 0.6) is 0 Å². The molecule has 1 atom stereocenters. The Morgan fingerprint density at radius 1 is 1.16 bits per heavy atom. The SMILES string of the molecule is C=CC[C@@H](Nc1ccccc1C)c1ccc(Cl)cc1. The smallest absolute Gasteiger partial charge is 0.0548 e. The largest absolute Gasteiger partial charge is 0.378 e. The molecule has 0 aliphatic heterocycles. The zero-order chi connectivity index (χ0) is 13.7. The monoisotopic (exact) mass is 271 g/mol. The summed E-state index contributed by atoms with van der Waals surface area (Å²) >= 11 is 5.94. The Hall–Kier alpha value is -1.73. The van der Waals surface area contributed by atoms with Crippen molar-refractivity contribution in [1.29, 1.82) is 0 Å². The fraction of sp³-hybridized carbons (Fsp3) is 0.176. The van der Waals surface area contributed by atoms with Gasteiger partial charge in [0.1, 0.15) is 0 Å². The Morgan fingerprint density at radius 2 is 1.84 bits per heavy atom. The molecule has 2 rings (SSSR count). The number of hydrogen-bond donors (Lipinski definition) is 1. The van der Waals surface area contributed by atoms with Crippen LogP contribution in [0.15, 0.2) is 61.2 Å². The average Bonchev–Trinajstić information content (AvgIpc) is 2.42. The van der Waals surface area contributed by atoms with Crippen molar-refractivity contribution >= 4 is 17.3 Å². The number of halogens is 1. The fourth-order valence-electron chi connectivity index (χ4n) is 2.06. The highest BCUT2D eigenvalue weighted by atomic mass is 35.5. The van der Waals surface area contributed by atoms with Crippen molar-refractivity contribution in [2.24, 2.45) is 0 Å². The van der Waals surface area contributed by atoms with E-state index in [1.165, 1.54) is 11.1 Å². The number of nitrogens with one attached hydrogen (secondary N) is 1. The second-order valence-electron chi connectivity index (χ2n) is 4.59. The topological polar surface area (TPSA) is 12.0 Å². The number of para-hydroxylation sites is 1. The molecule has 0 saturated heterocycles. The third-order valence-corrected chi connectivity index (χ3v) is 3.40. The first kappa shape index (κ1) is 13.7. The summed E-state index contributed by atoms with van der Waals surface area (Å²) in [5.41, 5.74) is 3.61. The minimum atomic E-state index is 0.218. The van der Waals surface area contributed by atoms with Gasteiger partial charge in [-0.05, 0) is 42.7 Å². The molecule has 0 aliphatic carbocycles. The number of aryl methyl sites for hydroxylation is 1. The molecule has 2 aromatic carbocycles. The molecule has 0 aromatic heterocycles. The molecule has 0 spiro atoms. The normalized spacial score (nSPS) is 11.9. The third-order valence-electron chi connectivity index (χ3n) is 3.15. The van der Waals surface area contributed by atoms with E-state index in [4.69, 9.17) is 11.6 Å². The van der Waals surface area contributed by atoms with E-state index in [1.54, 1.807) is 0 Å². The lowest BCUT2D eigenvalue weighted by atomic mass is 10.0. The van der Waals surface area contributed by atoms with E-state index in [-0.39, 0.29) is 6.04 Å². The van der Waals surface area contributed by atoms with Gasteiger partial charge in [0.05, 0.1) is 6.04 Å². The lowest BCUT2D eigenvalue weighted by molar-refractivity contribution is 0.798. The van der Waals surface area contributed by atoms with Crippen LogP contribution in [0.4, 0.5) is 5.69 Å². The van der Waals surface area contributed by atoms with Crippen molar-refractivity contribution in [1.82, 2.24) is 0 Å². The van der Waals surface area contributed by atoms with Gasteiger partial charge in [0, 0.05) is 10.7 Å². The van der Waals surface area contributed by atoms with Crippen LogP contribution in [0.25, 0.3) is 0 Å². The van der Waals surface area contributed by atoms with Crippen LogP contribution in [0.1, 0.15) is 23.6 Å². The number of anilines is 1. The highest BCUT2D eigenvalue weighted by Crippen LogP contribution is 2.26. The molecule has 19 heavy (non-hydrogen) atoms. The van der Waals surface area contributed by atoms with Crippen molar-refractivity contribution in [3.05, 3.63) is 77.3 Å². The molecule has 0 amide bonds. The van der Waals surface area contributed by atoms with Crippen molar-refractivity contribution < 1.29 is 0 Å². The Morgan fingerprint density at radius 3 is 2.47 bits per heavy atom. The minimum absolute atomic E-state index is 0.218. The van der Waals surface area contributed by atoms with Gasteiger partial charge in [-0.1, -0.05) is 48.0 Å². The third kappa shape index (κ3) is 3.62. The molecule has 98 valence electrons. The van der Waals surface area contributed by atoms with Crippen molar-refractivity contribution in [2.75, 3.05) is 5.32 Å². The molecule has 1 nitrogen and oxygen atoms in total.